The Morgan fingerprint density at radius 3 is 2.68 bits per heavy atom. The summed E-state index contributed by atoms with van der Waals surface area (Å²) in [5, 5.41) is 10.8. The van der Waals surface area contributed by atoms with Crippen molar-refractivity contribution in [1.82, 2.24) is 0 Å². The van der Waals surface area contributed by atoms with Crippen LogP contribution in [-0.4, -0.2) is 31.2 Å². The number of halogens is 1. The molecule has 6 heteroatoms. The number of methoxy groups -OCH3 is 1. The van der Waals surface area contributed by atoms with Gasteiger partial charge in [-0.15, -0.1) is 0 Å². The Hall–Kier alpha value is -0.890. The second-order valence-electron chi connectivity index (χ2n) is 4.34. The van der Waals surface area contributed by atoms with E-state index in [1.807, 2.05) is 34.7 Å². The minimum absolute atomic E-state index is 0.153. The van der Waals surface area contributed by atoms with Crippen molar-refractivity contribution in [3.63, 3.8) is 0 Å². The van der Waals surface area contributed by atoms with Gasteiger partial charge in [0.2, 0.25) is 0 Å². The van der Waals surface area contributed by atoms with Gasteiger partial charge in [-0.3, -0.25) is 10.1 Å². The van der Waals surface area contributed by atoms with Crippen molar-refractivity contribution in [3.8, 4) is 0 Å². The molecule has 1 aromatic rings. The van der Waals surface area contributed by atoms with Crippen LogP contribution in [0.25, 0.3) is 0 Å². The number of anilines is 1. The number of nitrogens with zero attached hydrogens (tertiary/aromatic N) is 2. The van der Waals surface area contributed by atoms with Crippen LogP contribution in [0.1, 0.15) is 20.3 Å². The van der Waals surface area contributed by atoms with Gasteiger partial charge in [0.1, 0.15) is 0 Å². The number of hydrogen-bond donors (Lipinski definition) is 0. The zero-order chi connectivity index (χ0) is 14.4. The lowest BCUT2D eigenvalue weighted by Gasteiger charge is -2.30. The van der Waals surface area contributed by atoms with Crippen molar-refractivity contribution < 1.29 is 9.66 Å². The van der Waals surface area contributed by atoms with Crippen molar-refractivity contribution in [2.45, 2.75) is 26.3 Å². The van der Waals surface area contributed by atoms with E-state index in [2.05, 4.69) is 18.7 Å². The molecule has 0 radical (unpaired) electrons. The summed E-state index contributed by atoms with van der Waals surface area (Å²) in [5.74, 6) is 0. The van der Waals surface area contributed by atoms with Crippen molar-refractivity contribution >= 4 is 34.0 Å². The molecule has 0 saturated heterocycles. The molecule has 106 valence electrons. The van der Waals surface area contributed by atoms with E-state index in [4.69, 9.17) is 4.74 Å². The quantitative estimate of drug-likeness (QED) is 0.414. The van der Waals surface area contributed by atoms with E-state index in [1.54, 1.807) is 13.2 Å². The molecular weight excluding hydrogens is 359 g/mol. The molecule has 19 heavy (non-hydrogen) atoms. The van der Waals surface area contributed by atoms with Crippen LogP contribution in [0.3, 0.4) is 0 Å². The lowest BCUT2D eigenvalue weighted by Crippen LogP contribution is -2.35. The summed E-state index contributed by atoms with van der Waals surface area (Å²) in [6.45, 7) is 5.68. The molecule has 0 aliphatic rings. The van der Waals surface area contributed by atoms with E-state index in [0.717, 1.165) is 18.7 Å². The monoisotopic (exact) mass is 378 g/mol. The highest BCUT2D eigenvalue weighted by atomic mass is 127. The molecule has 0 bridgehead atoms. The Morgan fingerprint density at radius 1 is 1.53 bits per heavy atom. The Labute approximate surface area is 127 Å². The maximum absolute atomic E-state index is 10.8. The molecule has 0 aliphatic heterocycles. The fourth-order valence-electron chi connectivity index (χ4n) is 1.84. The zero-order valence-corrected chi connectivity index (χ0v) is 13.6. The molecule has 0 N–H and O–H groups in total. The summed E-state index contributed by atoms with van der Waals surface area (Å²) < 4.78 is 5.79. The topological polar surface area (TPSA) is 55.6 Å². The van der Waals surface area contributed by atoms with Gasteiger partial charge in [-0.2, -0.15) is 0 Å². The minimum atomic E-state index is -0.353. The van der Waals surface area contributed by atoms with Gasteiger partial charge in [-0.05, 0) is 48.1 Å². The van der Waals surface area contributed by atoms with E-state index in [1.165, 1.54) is 0 Å². The molecule has 0 fully saturated rings. The predicted molar refractivity (Wildman–Crippen MR) is 84.8 cm³/mol. The molecule has 0 aliphatic carbocycles. The molecular formula is C13H19IN2O3. The lowest BCUT2D eigenvalue weighted by molar-refractivity contribution is -0.385. The van der Waals surface area contributed by atoms with Crippen LogP contribution >= 0.6 is 22.6 Å². The molecule has 1 rings (SSSR count). The van der Waals surface area contributed by atoms with Crippen molar-refractivity contribution in [2.24, 2.45) is 0 Å². The van der Waals surface area contributed by atoms with Gasteiger partial charge >= 0.3 is 0 Å². The fraction of sp³-hybridized carbons (Fsp3) is 0.538. The van der Waals surface area contributed by atoms with E-state index >= 15 is 0 Å². The van der Waals surface area contributed by atoms with Crippen LogP contribution < -0.4 is 4.90 Å². The minimum Gasteiger partial charge on any atom is -0.383 e. The van der Waals surface area contributed by atoms with Gasteiger partial charge in [0.15, 0.2) is 0 Å². The smallest absolute Gasteiger partial charge is 0.282 e. The largest absolute Gasteiger partial charge is 0.383 e. The van der Waals surface area contributed by atoms with Gasteiger partial charge in [0, 0.05) is 31.5 Å². The highest BCUT2D eigenvalue weighted by molar-refractivity contribution is 14.1. The van der Waals surface area contributed by atoms with Gasteiger partial charge in [0.25, 0.3) is 5.69 Å². The summed E-state index contributed by atoms with van der Waals surface area (Å²) >= 11 is 2.01. The predicted octanol–water partition coefficient (Wildman–Crippen LogP) is 3.45. The summed E-state index contributed by atoms with van der Waals surface area (Å²) in [6.07, 6.45) is 1.01. The second-order valence-corrected chi connectivity index (χ2v) is 5.50. The second kappa shape index (κ2) is 7.64. The fourth-order valence-corrected chi connectivity index (χ4v) is 2.53. The summed E-state index contributed by atoms with van der Waals surface area (Å²) in [5.41, 5.74) is 1.15. The van der Waals surface area contributed by atoms with Crippen LogP contribution in [-0.2, 0) is 4.74 Å². The van der Waals surface area contributed by atoms with Crippen LogP contribution in [0.5, 0.6) is 0 Å². The Morgan fingerprint density at radius 2 is 2.21 bits per heavy atom. The summed E-state index contributed by atoms with van der Waals surface area (Å²) in [4.78, 5) is 12.7. The molecule has 1 aromatic carbocycles. The normalized spacial score (nSPS) is 12.2. The first-order valence-electron chi connectivity index (χ1n) is 6.20. The van der Waals surface area contributed by atoms with Gasteiger partial charge in [-0.1, -0.05) is 6.92 Å². The van der Waals surface area contributed by atoms with Crippen molar-refractivity contribution in [2.75, 3.05) is 25.2 Å². The van der Waals surface area contributed by atoms with Gasteiger partial charge in [0.05, 0.1) is 15.1 Å². The molecule has 0 heterocycles. The summed E-state index contributed by atoms with van der Waals surface area (Å²) in [6, 6.07) is 5.61. The van der Waals surface area contributed by atoms with Crippen LogP contribution in [0.2, 0.25) is 0 Å². The Kier molecular flexibility index (Phi) is 6.50. The third-order valence-corrected chi connectivity index (χ3v) is 3.98. The number of hydrogen-bond acceptors (Lipinski definition) is 4. The standard InChI is InChI=1S/C13H19IN2O3/c1-4-10(2)15(7-8-19-3)11-5-6-13(16(17)18)12(14)9-11/h5-6,9-10H,4,7-8H2,1-3H3. The first kappa shape index (κ1) is 16.2. The Bertz CT molecular complexity index is 440. The number of benzene rings is 1. The molecule has 0 saturated carbocycles. The molecule has 0 amide bonds. The van der Waals surface area contributed by atoms with Crippen LogP contribution in [0, 0.1) is 13.7 Å². The number of nitro groups is 1. The molecule has 5 nitrogen and oxygen atoms in total. The summed E-state index contributed by atoms with van der Waals surface area (Å²) in [7, 11) is 1.67. The molecule has 0 aromatic heterocycles. The third kappa shape index (κ3) is 4.31. The highest BCUT2D eigenvalue weighted by Gasteiger charge is 2.17. The zero-order valence-electron chi connectivity index (χ0n) is 11.4. The maximum atomic E-state index is 10.8. The lowest BCUT2D eigenvalue weighted by atomic mass is 10.1. The molecule has 1 atom stereocenters. The molecule has 1 unspecified atom stereocenters. The van der Waals surface area contributed by atoms with Gasteiger partial charge < -0.3 is 9.64 Å². The SMILES string of the molecule is CCC(C)N(CCOC)c1ccc([N+](=O)[O-])c(I)c1. The number of rotatable bonds is 7. The molecule has 0 spiro atoms. The van der Waals surface area contributed by atoms with Gasteiger partial charge in [-0.25, -0.2) is 0 Å². The van der Waals surface area contributed by atoms with Crippen molar-refractivity contribution in [1.29, 1.82) is 0 Å². The van der Waals surface area contributed by atoms with Crippen LogP contribution in [0.4, 0.5) is 11.4 Å². The highest BCUT2D eigenvalue weighted by Crippen LogP contribution is 2.27. The number of ether oxygens (including phenoxy) is 1. The van der Waals surface area contributed by atoms with E-state index < -0.39 is 0 Å². The van der Waals surface area contributed by atoms with Crippen molar-refractivity contribution in [3.05, 3.63) is 31.9 Å². The van der Waals surface area contributed by atoms with E-state index in [9.17, 15) is 10.1 Å². The average molecular weight is 378 g/mol. The maximum Gasteiger partial charge on any atom is 0.282 e. The number of nitro benzene ring substituents is 1. The van der Waals surface area contributed by atoms with Crippen LogP contribution in [0.15, 0.2) is 18.2 Å². The first-order chi connectivity index (χ1) is 9.01. The van der Waals surface area contributed by atoms with E-state index in [-0.39, 0.29) is 10.6 Å². The van der Waals surface area contributed by atoms with E-state index in [0.29, 0.717) is 16.2 Å². The Balaban J connectivity index is 3.02. The first-order valence-corrected chi connectivity index (χ1v) is 7.28. The average Bonchev–Trinajstić information content (AvgIpc) is 2.38. The third-order valence-electron chi connectivity index (χ3n) is 3.12.